The number of pyridine rings is 1. The number of benzene rings is 2. The number of hydrogen-bond donors (Lipinski definition) is 1. The van der Waals surface area contributed by atoms with Gasteiger partial charge in [-0.3, -0.25) is 9.36 Å². The molecule has 9 nitrogen and oxygen atoms in total. The first-order valence-corrected chi connectivity index (χ1v) is 11.0. The second-order valence-corrected chi connectivity index (χ2v) is 7.87. The second-order valence-electron chi connectivity index (χ2n) is 6.95. The molecule has 3 aromatic heterocycles. The quantitative estimate of drug-likeness (QED) is 0.361. The minimum absolute atomic E-state index is 0.123. The van der Waals surface area contributed by atoms with E-state index in [0.717, 1.165) is 34.1 Å². The smallest absolute Gasteiger partial charge is 0.277 e. The molecular formula is C23H18N6O3S. The van der Waals surface area contributed by atoms with Crippen molar-refractivity contribution in [1.82, 2.24) is 24.7 Å². The molecule has 10 heteroatoms. The number of carbonyl (C=O) groups excluding carboxylic acids is 1. The molecule has 5 rings (SSSR count). The molecule has 0 atom stereocenters. The van der Waals surface area contributed by atoms with Gasteiger partial charge in [0.15, 0.2) is 0 Å². The van der Waals surface area contributed by atoms with E-state index >= 15 is 0 Å². The van der Waals surface area contributed by atoms with E-state index in [0.29, 0.717) is 22.6 Å². The molecule has 1 N–H and O–H groups in total. The highest BCUT2D eigenvalue weighted by molar-refractivity contribution is 7.99. The Morgan fingerprint density at radius 3 is 2.70 bits per heavy atom. The van der Waals surface area contributed by atoms with Gasteiger partial charge in [0.2, 0.25) is 11.8 Å². The molecular weight excluding hydrogens is 440 g/mol. The van der Waals surface area contributed by atoms with Crippen LogP contribution in [0.2, 0.25) is 0 Å². The van der Waals surface area contributed by atoms with Crippen LogP contribution < -0.4 is 10.1 Å². The molecule has 0 spiro atoms. The molecule has 0 aliphatic rings. The van der Waals surface area contributed by atoms with E-state index in [9.17, 15) is 4.79 Å². The van der Waals surface area contributed by atoms with Crippen LogP contribution >= 0.6 is 11.8 Å². The van der Waals surface area contributed by atoms with Crippen molar-refractivity contribution >= 4 is 34.4 Å². The van der Waals surface area contributed by atoms with Gasteiger partial charge in [-0.05, 0) is 48.5 Å². The first-order chi connectivity index (χ1) is 16.2. The van der Waals surface area contributed by atoms with Gasteiger partial charge in [-0.1, -0.05) is 23.9 Å². The predicted molar refractivity (Wildman–Crippen MR) is 125 cm³/mol. The number of nitrogens with zero attached hydrogens (tertiary/aromatic N) is 5. The van der Waals surface area contributed by atoms with Crippen molar-refractivity contribution in [2.45, 2.75) is 5.22 Å². The largest absolute Gasteiger partial charge is 0.497 e. The van der Waals surface area contributed by atoms with Crippen LogP contribution in [0, 0.1) is 0 Å². The third-order valence-corrected chi connectivity index (χ3v) is 5.62. The van der Waals surface area contributed by atoms with E-state index < -0.39 is 0 Å². The molecule has 3 heterocycles. The third-order valence-electron chi connectivity index (χ3n) is 4.80. The van der Waals surface area contributed by atoms with Gasteiger partial charge in [-0.15, -0.1) is 10.2 Å². The number of anilines is 1. The summed E-state index contributed by atoms with van der Waals surface area (Å²) < 4.78 is 12.7. The normalized spacial score (nSPS) is 10.9. The first-order valence-electron chi connectivity index (χ1n) is 9.99. The first kappa shape index (κ1) is 20.7. The third kappa shape index (κ3) is 4.55. The van der Waals surface area contributed by atoms with Crippen LogP contribution in [0.1, 0.15) is 0 Å². The summed E-state index contributed by atoms with van der Waals surface area (Å²) >= 11 is 1.16. The van der Waals surface area contributed by atoms with E-state index in [1.54, 1.807) is 25.7 Å². The molecule has 0 saturated heterocycles. The molecule has 5 aromatic rings. The molecule has 1 amide bonds. The highest BCUT2D eigenvalue weighted by atomic mass is 32.2. The summed E-state index contributed by atoms with van der Waals surface area (Å²) in [4.78, 5) is 21.2. The van der Waals surface area contributed by atoms with Gasteiger partial charge in [0, 0.05) is 5.56 Å². The molecule has 0 radical (unpaired) electrons. The lowest BCUT2D eigenvalue weighted by Crippen LogP contribution is -2.14. The average Bonchev–Trinajstić information content (AvgIpc) is 3.51. The zero-order chi connectivity index (χ0) is 22.6. The number of aromatic nitrogens is 5. The van der Waals surface area contributed by atoms with E-state index in [1.807, 2.05) is 59.2 Å². The fourth-order valence-corrected chi connectivity index (χ4v) is 3.75. The Labute approximate surface area is 192 Å². The van der Waals surface area contributed by atoms with Gasteiger partial charge in [0.1, 0.15) is 17.9 Å². The number of carbonyl (C=O) groups is 1. The van der Waals surface area contributed by atoms with Crippen LogP contribution in [0.15, 0.2) is 82.8 Å². The Balaban J connectivity index is 1.18. The summed E-state index contributed by atoms with van der Waals surface area (Å²) in [6.45, 7) is 0. The molecule has 0 saturated carbocycles. The highest BCUT2D eigenvalue weighted by Crippen LogP contribution is 2.25. The lowest BCUT2D eigenvalue weighted by molar-refractivity contribution is -0.113. The average molecular weight is 459 g/mol. The van der Waals surface area contributed by atoms with Gasteiger partial charge in [-0.25, -0.2) is 9.97 Å². The lowest BCUT2D eigenvalue weighted by atomic mass is 10.2. The summed E-state index contributed by atoms with van der Waals surface area (Å²) in [5.74, 6) is 1.76. The van der Waals surface area contributed by atoms with Crippen LogP contribution in [0.3, 0.4) is 0 Å². The molecule has 0 aliphatic heterocycles. The van der Waals surface area contributed by atoms with Crippen molar-refractivity contribution in [3.05, 3.63) is 73.2 Å². The van der Waals surface area contributed by atoms with Crippen molar-refractivity contribution < 1.29 is 13.9 Å². The van der Waals surface area contributed by atoms with E-state index in [4.69, 9.17) is 9.15 Å². The van der Waals surface area contributed by atoms with Gasteiger partial charge < -0.3 is 14.5 Å². The summed E-state index contributed by atoms with van der Waals surface area (Å²) in [6.07, 6.45) is 3.34. The Morgan fingerprint density at radius 2 is 1.91 bits per heavy atom. The minimum atomic E-state index is -0.202. The number of para-hydroxylation sites is 2. The Kier molecular flexibility index (Phi) is 5.73. The standard InChI is InChI=1S/C23H18N6O3S/c1-31-17-9-6-15(7-10-17)22-27-28-23(32-22)33-13-21(30)26-16-8-11-20(24-12-16)29-14-25-18-4-2-3-5-19(18)29/h2-12,14H,13H2,1H3,(H,26,30). The zero-order valence-electron chi connectivity index (χ0n) is 17.5. The number of methoxy groups -OCH3 is 1. The Morgan fingerprint density at radius 1 is 1.06 bits per heavy atom. The molecule has 2 aromatic carbocycles. The van der Waals surface area contributed by atoms with Crippen LogP contribution in [-0.4, -0.2) is 43.5 Å². The van der Waals surface area contributed by atoms with Crippen molar-refractivity contribution in [3.8, 4) is 23.0 Å². The van der Waals surface area contributed by atoms with Crippen molar-refractivity contribution in [3.63, 3.8) is 0 Å². The van der Waals surface area contributed by atoms with E-state index in [1.165, 1.54) is 0 Å². The summed E-state index contributed by atoms with van der Waals surface area (Å²) in [6, 6.07) is 18.7. The number of fused-ring (bicyclic) bond motifs is 1. The topological polar surface area (TPSA) is 108 Å². The number of thioether (sulfide) groups is 1. The van der Waals surface area contributed by atoms with Gasteiger partial charge in [-0.2, -0.15) is 0 Å². The summed E-state index contributed by atoms with van der Waals surface area (Å²) in [7, 11) is 1.60. The predicted octanol–water partition coefficient (Wildman–Crippen LogP) is 4.21. The number of imidazole rings is 1. The number of rotatable bonds is 7. The maximum Gasteiger partial charge on any atom is 0.277 e. The molecule has 164 valence electrons. The summed E-state index contributed by atoms with van der Waals surface area (Å²) in [5, 5.41) is 11.2. The fourth-order valence-electron chi connectivity index (χ4n) is 3.19. The summed E-state index contributed by atoms with van der Waals surface area (Å²) in [5.41, 5.74) is 3.23. The minimum Gasteiger partial charge on any atom is -0.497 e. The van der Waals surface area contributed by atoms with E-state index in [-0.39, 0.29) is 11.7 Å². The Bertz CT molecular complexity index is 1400. The highest BCUT2D eigenvalue weighted by Gasteiger charge is 2.12. The maximum atomic E-state index is 12.3. The fraction of sp³-hybridized carbons (Fsp3) is 0.0870. The molecule has 0 aliphatic carbocycles. The molecule has 0 unspecified atom stereocenters. The number of hydrogen-bond acceptors (Lipinski definition) is 8. The van der Waals surface area contributed by atoms with E-state index in [2.05, 4.69) is 25.5 Å². The molecule has 0 fully saturated rings. The number of nitrogens with one attached hydrogen (secondary N) is 1. The molecule has 0 bridgehead atoms. The van der Waals surface area contributed by atoms with Gasteiger partial charge in [0.25, 0.3) is 5.22 Å². The Hall–Kier alpha value is -4.18. The van der Waals surface area contributed by atoms with Crippen molar-refractivity contribution in [2.24, 2.45) is 0 Å². The van der Waals surface area contributed by atoms with Gasteiger partial charge in [0.05, 0.1) is 35.8 Å². The van der Waals surface area contributed by atoms with Crippen molar-refractivity contribution in [2.75, 3.05) is 18.2 Å². The SMILES string of the molecule is COc1ccc(-c2nnc(SCC(=O)Nc3ccc(-n4cnc5ccccc54)nc3)o2)cc1. The van der Waals surface area contributed by atoms with Crippen molar-refractivity contribution in [1.29, 1.82) is 0 Å². The molecule has 33 heavy (non-hydrogen) atoms. The van der Waals surface area contributed by atoms with Crippen LogP contribution in [0.5, 0.6) is 5.75 Å². The zero-order valence-corrected chi connectivity index (χ0v) is 18.3. The van der Waals surface area contributed by atoms with Crippen LogP contribution in [-0.2, 0) is 4.79 Å². The second kappa shape index (κ2) is 9.13. The van der Waals surface area contributed by atoms with Gasteiger partial charge >= 0.3 is 0 Å². The monoisotopic (exact) mass is 458 g/mol. The number of ether oxygens (including phenoxy) is 1. The van der Waals surface area contributed by atoms with Crippen LogP contribution in [0.4, 0.5) is 5.69 Å². The lowest BCUT2D eigenvalue weighted by Gasteiger charge is -2.06. The maximum absolute atomic E-state index is 12.3. The van der Waals surface area contributed by atoms with Crippen LogP contribution in [0.25, 0.3) is 28.3 Å². The number of amides is 1.